The van der Waals surface area contributed by atoms with Crippen molar-refractivity contribution in [3.63, 3.8) is 0 Å². The maximum atomic E-state index is 2.55. The molecule has 9 heavy (non-hydrogen) atoms. The molecule has 0 radical (unpaired) electrons. The number of fused-ring (bicyclic) bond motifs is 1. The number of hydrogen-bond donors (Lipinski definition) is 0. The van der Waals surface area contributed by atoms with Gasteiger partial charge < -0.3 is 4.90 Å². The zero-order valence-corrected chi connectivity index (χ0v) is 6.35. The lowest BCUT2D eigenvalue weighted by atomic mass is 10.1. The van der Waals surface area contributed by atoms with Crippen molar-refractivity contribution in [3.05, 3.63) is 0 Å². The van der Waals surface area contributed by atoms with E-state index in [1.807, 2.05) is 0 Å². The van der Waals surface area contributed by atoms with Gasteiger partial charge in [-0.15, -0.1) is 0 Å². The molecule has 0 aromatic carbocycles. The molecular weight excluding hydrogens is 110 g/mol. The van der Waals surface area contributed by atoms with Gasteiger partial charge in [0.05, 0.1) is 0 Å². The summed E-state index contributed by atoms with van der Waals surface area (Å²) in [5.74, 6) is 1.08. The summed E-state index contributed by atoms with van der Waals surface area (Å²) in [6.07, 6.45) is 4.32. The van der Waals surface area contributed by atoms with Crippen LogP contribution in [0.15, 0.2) is 0 Å². The van der Waals surface area contributed by atoms with Crippen LogP contribution in [0.5, 0.6) is 0 Å². The van der Waals surface area contributed by atoms with Crippen LogP contribution in [0, 0.1) is 5.92 Å². The first-order chi connectivity index (χ1) is 4.29. The number of likely N-dealkylation sites (tertiary alicyclic amines) is 1. The molecule has 1 saturated heterocycles. The van der Waals surface area contributed by atoms with Gasteiger partial charge in [-0.3, -0.25) is 0 Å². The minimum atomic E-state index is 0.694. The highest BCUT2D eigenvalue weighted by Crippen LogP contribution is 2.56. The first kappa shape index (κ1) is 5.72. The molecule has 52 valence electrons. The lowest BCUT2D eigenvalue weighted by Gasteiger charge is -2.21. The van der Waals surface area contributed by atoms with Crippen molar-refractivity contribution in [1.82, 2.24) is 4.90 Å². The molecule has 1 nitrogen and oxygen atoms in total. The van der Waals surface area contributed by atoms with Crippen LogP contribution in [0.1, 0.15) is 26.2 Å². The van der Waals surface area contributed by atoms with Crippen LogP contribution in [-0.4, -0.2) is 24.0 Å². The van der Waals surface area contributed by atoms with Crippen molar-refractivity contribution in [3.8, 4) is 0 Å². The molecule has 0 aromatic heterocycles. The van der Waals surface area contributed by atoms with E-state index in [-0.39, 0.29) is 0 Å². The maximum absolute atomic E-state index is 2.55. The molecule has 0 bridgehead atoms. The Hall–Kier alpha value is -0.0400. The zero-order chi connectivity index (χ0) is 6.48. The second-order valence-electron chi connectivity index (χ2n) is 3.57. The SMILES string of the molecule is CCC12CC1CCN2C. The van der Waals surface area contributed by atoms with Gasteiger partial charge in [0.2, 0.25) is 0 Å². The maximum Gasteiger partial charge on any atom is 0.0236 e. The number of rotatable bonds is 1. The van der Waals surface area contributed by atoms with Crippen molar-refractivity contribution in [2.24, 2.45) is 5.92 Å². The second kappa shape index (κ2) is 1.51. The van der Waals surface area contributed by atoms with E-state index in [1.54, 1.807) is 0 Å². The zero-order valence-electron chi connectivity index (χ0n) is 6.35. The van der Waals surface area contributed by atoms with E-state index >= 15 is 0 Å². The highest BCUT2D eigenvalue weighted by atomic mass is 15.2. The van der Waals surface area contributed by atoms with Crippen LogP contribution in [0.25, 0.3) is 0 Å². The molecule has 1 aliphatic heterocycles. The van der Waals surface area contributed by atoms with Crippen LogP contribution in [0.4, 0.5) is 0 Å². The molecule has 1 saturated carbocycles. The van der Waals surface area contributed by atoms with Gasteiger partial charge >= 0.3 is 0 Å². The lowest BCUT2D eigenvalue weighted by Crippen LogP contribution is -2.29. The van der Waals surface area contributed by atoms with Crippen molar-refractivity contribution in [2.45, 2.75) is 31.7 Å². The quantitative estimate of drug-likeness (QED) is 0.513. The van der Waals surface area contributed by atoms with Gasteiger partial charge in [-0.1, -0.05) is 6.92 Å². The third-order valence-corrected chi connectivity index (χ3v) is 3.39. The highest BCUT2D eigenvalue weighted by Gasteiger charge is 2.58. The van der Waals surface area contributed by atoms with Crippen molar-refractivity contribution in [1.29, 1.82) is 0 Å². The molecule has 1 heteroatoms. The fraction of sp³-hybridized carbons (Fsp3) is 1.00. The van der Waals surface area contributed by atoms with Crippen molar-refractivity contribution >= 4 is 0 Å². The van der Waals surface area contributed by atoms with Crippen molar-refractivity contribution < 1.29 is 0 Å². The molecule has 0 N–H and O–H groups in total. The van der Waals surface area contributed by atoms with Gasteiger partial charge in [0.1, 0.15) is 0 Å². The molecule has 2 aliphatic rings. The van der Waals surface area contributed by atoms with Gasteiger partial charge in [-0.05, 0) is 38.8 Å². The second-order valence-corrected chi connectivity index (χ2v) is 3.57. The third-order valence-electron chi connectivity index (χ3n) is 3.39. The summed E-state index contributed by atoms with van der Waals surface area (Å²) >= 11 is 0. The van der Waals surface area contributed by atoms with Gasteiger partial charge in [-0.2, -0.15) is 0 Å². The number of nitrogens with zero attached hydrogens (tertiary/aromatic N) is 1. The molecular formula is C8H15N. The van der Waals surface area contributed by atoms with Gasteiger partial charge in [0.25, 0.3) is 0 Å². The standard InChI is InChI=1S/C8H15N/c1-3-8-6-7(8)4-5-9(8)2/h7H,3-6H2,1-2H3. The molecule has 2 unspecified atom stereocenters. The molecule has 2 atom stereocenters. The highest BCUT2D eigenvalue weighted by molar-refractivity contribution is 5.14. The van der Waals surface area contributed by atoms with Gasteiger partial charge in [0.15, 0.2) is 0 Å². The summed E-state index contributed by atoms with van der Waals surface area (Å²) in [4.78, 5) is 2.55. The van der Waals surface area contributed by atoms with Gasteiger partial charge in [0, 0.05) is 5.54 Å². The van der Waals surface area contributed by atoms with E-state index in [9.17, 15) is 0 Å². The summed E-state index contributed by atoms with van der Waals surface area (Å²) in [7, 11) is 2.27. The summed E-state index contributed by atoms with van der Waals surface area (Å²) in [5, 5.41) is 0. The largest absolute Gasteiger partial charge is 0.300 e. The molecule has 2 rings (SSSR count). The Balaban J connectivity index is 2.14. The van der Waals surface area contributed by atoms with Crippen LogP contribution < -0.4 is 0 Å². The molecule has 2 fully saturated rings. The van der Waals surface area contributed by atoms with Crippen molar-refractivity contribution in [2.75, 3.05) is 13.6 Å². The summed E-state index contributed by atoms with van der Waals surface area (Å²) in [6.45, 7) is 3.67. The lowest BCUT2D eigenvalue weighted by molar-refractivity contribution is 0.253. The van der Waals surface area contributed by atoms with E-state index in [0.717, 1.165) is 5.92 Å². The van der Waals surface area contributed by atoms with E-state index in [0.29, 0.717) is 5.54 Å². The first-order valence-electron chi connectivity index (χ1n) is 4.01. The number of piperidine rings is 1. The Morgan fingerprint density at radius 2 is 2.44 bits per heavy atom. The van der Waals surface area contributed by atoms with Crippen LogP contribution >= 0.6 is 0 Å². The fourth-order valence-electron chi connectivity index (χ4n) is 2.48. The Bertz CT molecular complexity index is 129. The normalized spacial score (nSPS) is 49.3. The first-order valence-corrected chi connectivity index (χ1v) is 4.01. The van der Waals surface area contributed by atoms with Crippen LogP contribution in [0.3, 0.4) is 0 Å². The van der Waals surface area contributed by atoms with Crippen LogP contribution in [0.2, 0.25) is 0 Å². The Morgan fingerprint density at radius 3 is 2.67 bits per heavy atom. The monoisotopic (exact) mass is 125 g/mol. The van der Waals surface area contributed by atoms with E-state index in [2.05, 4.69) is 18.9 Å². The Kier molecular flexibility index (Phi) is 0.963. The Labute approximate surface area is 57.0 Å². The minimum absolute atomic E-state index is 0.694. The van der Waals surface area contributed by atoms with E-state index in [1.165, 1.54) is 25.8 Å². The summed E-state index contributed by atoms with van der Waals surface area (Å²) in [5.41, 5.74) is 0.694. The van der Waals surface area contributed by atoms with E-state index < -0.39 is 0 Å². The predicted octanol–water partition coefficient (Wildman–Crippen LogP) is 1.49. The average Bonchev–Trinajstić information content (AvgIpc) is 2.52. The van der Waals surface area contributed by atoms with Gasteiger partial charge in [-0.25, -0.2) is 0 Å². The molecule has 0 aromatic rings. The smallest absolute Gasteiger partial charge is 0.0236 e. The molecule has 0 amide bonds. The van der Waals surface area contributed by atoms with E-state index in [4.69, 9.17) is 0 Å². The Morgan fingerprint density at radius 1 is 1.67 bits per heavy atom. The fourth-order valence-corrected chi connectivity index (χ4v) is 2.48. The molecule has 1 heterocycles. The summed E-state index contributed by atoms with van der Waals surface area (Å²) in [6, 6.07) is 0. The minimum Gasteiger partial charge on any atom is -0.300 e. The summed E-state index contributed by atoms with van der Waals surface area (Å²) < 4.78 is 0. The topological polar surface area (TPSA) is 3.24 Å². The number of hydrogen-bond acceptors (Lipinski definition) is 1. The molecule has 1 aliphatic carbocycles. The molecule has 0 spiro atoms. The average molecular weight is 125 g/mol. The third kappa shape index (κ3) is 0.536. The van der Waals surface area contributed by atoms with Crippen LogP contribution in [-0.2, 0) is 0 Å². The predicted molar refractivity (Wildman–Crippen MR) is 38.4 cm³/mol.